The fraction of sp³-hybridized carbons (Fsp3) is 0.364. The molecule has 0 bridgehead atoms. The average molecular weight is 254 g/mol. The van der Waals surface area contributed by atoms with Crippen LogP contribution in [0.5, 0.6) is 0 Å². The highest BCUT2D eigenvalue weighted by atomic mass is 32.1. The van der Waals surface area contributed by atoms with E-state index in [0.29, 0.717) is 0 Å². The van der Waals surface area contributed by atoms with Gasteiger partial charge in [0, 0.05) is 25.6 Å². The van der Waals surface area contributed by atoms with E-state index >= 15 is 0 Å². The van der Waals surface area contributed by atoms with Gasteiger partial charge in [0.2, 0.25) is 0 Å². The number of thiophene rings is 1. The van der Waals surface area contributed by atoms with Gasteiger partial charge in [-0.15, -0.1) is 22.7 Å². The lowest BCUT2D eigenvalue weighted by Gasteiger charge is -2.00. The van der Waals surface area contributed by atoms with Crippen molar-refractivity contribution in [1.82, 2.24) is 10.3 Å². The zero-order chi connectivity index (χ0) is 11.2. The summed E-state index contributed by atoms with van der Waals surface area (Å²) in [6.45, 7) is 2.42. The summed E-state index contributed by atoms with van der Waals surface area (Å²) in [7, 11) is 1.71. The van der Waals surface area contributed by atoms with Crippen molar-refractivity contribution in [3.05, 3.63) is 27.9 Å². The van der Waals surface area contributed by atoms with E-state index in [4.69, 9.17) is 4.74 Å². The van der Waals surface area contributed by atoms with E-state index in [0.717, 1.165) is 30.4 Å². The molecule has 0 atom stereocenters. The summed E-state index contributed by atoms with van der Waals surface area (Å²) in [5.74, 6) is 0. The second-order valence-corrected chi connectivity index (χ2v) is 5.16. The Labute approximate surface area is 103 Å². The third kappa shape index (κ3) is 3.12. The minimum atomic E-state index is 0.739. The summed E-state index contributed by atoms with van der Waals surface area (Å²) in [5, 5.41) is 8.60. The number of nitrogens with zero attached hydrogens (tertiary/aromatic N) is 1. The number of thiazole rings is 1. The average Bonchev–Trinajstić information content (AvgIpc) is 2.94. The van der Waals surface area contributed by atoms with Crippen molar-refractivity contribution in [3.63, 3.8) is 0 Å². The number of aromatic nitrogens is 1. The van der Waals surface area contributed by atoms with Gasteiger partial charge in [-0.3, -0.25) is 0 Å². The van der Waals surface area contributed by atoms with Crippen molar-refractivity contribution in [3.8, 4) is 10.6 Å². The standard InChI is InChI=1S/C11H14N2OS2/c1-14-5-4-12-7-11-13-9(8-16-11)10-3-2-6-15-10/h2-3,6,8,12H,4-5,7H2,1H3. The summed E-state index contributed by atoms with van der Waals surface area (Å²) in [4.78, 5) is 5.81. The van der Waals surface area contributed by atoms with Gasteiger partial charge in [0.15, 0.2) is 0 Å². The Kier molecular flexibility index (Phi) is 4.47. The Hall–Kier alpha value is -0.750. The highest BCUT2D eigenvalue weighted by Gasteiger charge is 2.04. The van der Waals surface area contributed by atoms with Crippen molar-refractivity contribution in [2.24, 2.45) is 0 Å². The second-order valence-electron chi connectivity index (χ2n) is 3.27. The molecule has 0 spiro atoms. The van der Waals surface area contributed by atoms with Crippen molar-refractivity contribution >= 4 is 22.7 Å². The molecule has 0 aromatic carbocycles. The van der Waals surface area contributed by atoms with Gasteiger partial charge in [-0.25, -0.2) is 4.98 Å². The van der Waals surface area contributed by atoms with Crippen molar-refractivity contribution < 1.29 is 4.74 Å². The molecular formula is C11H14N2OS2. The number of hydrogen-bond donors (Lipinski definition) is 1. The smallest absolute Gasteiger partial charge is 0.107 e. The highest BCUT2D eigenvalue weighted by molar-refractivity contribution is 7.14. The molecule has 0 saturated carbocycles. The maximum absolute atomic E-state index is 4.97. The molecule has 3 nitrogen and oxygen atoms in total. The van der Waals surface area contributed by atoms with Gasteiger partial charge in [0.25, 0.3) is 0 Å². The molecule has 2 aromatic rings. The third-order valence-electron chi connectivity index (χ3n) is 2.08. The van der Waals surface area contributed by atoms with Gasteiger partial charge in [0.1, 0.15) is 5.01 Å². The Morgan fingerprint density at radius 2 is 2.38 bits per heavy atom. The fourth-order valence-electron chi connectivity index (χ4n) is 1.30. The van der Waals surface area contributed by atoms with E-state index < -0.39 is 0 Å². The molecule has 0 fully saturated rings. The molecule has 0 unspecified atom stereocenters. The van der Waals surface area contributed by atoms with Crippen LogP contribution in [-0.2, 0) is 11.3 Å². The van der Waals surface area contributed by atoms with Crippen LogP contribution in [0, 0.1) is 0 Å². The molecule has 2 heterocycles. The lowest BCUT2D eigenvalue weighted by Crippen LogP contribution is -2.18. The lowest BCUT2D eigenvalue weighted by molar-refractivity contribution is 0.199. The molecule has 86 valence electrons. The molecule has 2 aromatic heterocycles. The first-order valence-corrected chi connectivity index (χ1v) is 6.84. The van der Waals surface area contributed by atoms with E-state index in [9.17, 15) is 0 Å². The summed E-state index contributed by atoms with van der Waals surface area (Å²) >= 11 is 3.42. The van der Waals surface area contributed by atoms with Crippen LogP contribution in [0.4, 0.5) is 0 Å². The highest BCUT2D eigenvalue weighted by Crippen LogP contribution is 2.25. The van der Waals surface area contributed by atoms with Gasteiger partial charge < -0.3 is 10.1 Å². The zero-order valence-corrected chi connectivity index (χ0v) is 10.7. The maximum Gasteiger partial charge on any atom is 0.107 e. The number of rotatable bonds is 6. The van der Waals surface area contributed by atoms with Gasteiger partial charge in [-0.2, -0.15) is 0 Å². The van der Waals surface area contributed by atoms with E-state index in [1.807, 2.05) is 0 Å². The predicted octanol–water partition coefficient (Wildman–Crippen LogP) is 2.61. The quantitative estimate of drug-likeness (QED) is 0.805. The van der Waals surface area contributed by atoms with Crippen molar-refractivity contribution in [2.45, 2.75) is 6.54 Å². The van der Waals surface area contributed by atoms with Gasteiger partial charge in [-0.1, -0.05) is 6.07 Å². The first kappa shape index (κ1) is 11.7. The summed E-state index contributed by atoms with van der Waals surface area (Å²) < 4.78 is 4.97. The van der Waals surface area contributed by atoms with Crippen LogP contribution < -0.4 is 5.32 Å². The van der Waals surface area contributed by atoms with Crippen LogP contribution in [0.1, 0.15) is 5.01 Å². The molecule has 5 heteroatoms. The first-order valence-electron chi connectivity index (χ1n) is 5.08. The Morgan fingerprint density at radius 3 is 3.12 bits per heavy atom. The fourth-order valence-corrected chi connectivity index (χ4v) is 2.82. The Balaban J connectivity index is 1.88. The van der Waals surface area contributed by atoms with Gasteiger partial charge in [0.05, 0.1) is 17.2 Å². The summed E-state index contributed by atoms with van der Waals surface area (Å²) in [6, 6.07) is 4.15. The van der Waals surface area contributed by atoms with Crippen LogP contribution in [-0.4, -0.2) is 25.2 Å². The topological polar surface area (TPSA) is 34.1 Å². The number of nitrogens with one attached hydrogen (secondary N) is 1. The number of methoxy groups -OCH3 is 1. The van der Waals surface area contributed by atoms with Crippen molar-refractivity contribution in [1.29, 1.82) is 0 Å². The molecule has 0 radical (unpaired) electrons. The molecule has 0 amide bonds. The number of hydrogen-bond acceptors (Lipinski definition) is 5. The minimum absolute atomic E-state index is 0.739. The minimum Gasteiger partial charge on any atom is -0.383 e. The number of ether oxygens (including phenoxy) is 1. The van der Waals surface area contributed by atoms with Gasteiger partial charge >= 0.3 is 0 Å². The molecular weight excluding hydrogens is 240 g/mol. The Bertz CT molecular complexity index is 411. The molecule has 0 saturated heterocycles. The van der Waals surface area contributed by atoms with E-state index in [-0.39, 0.29) is 0 Å². The van der Waals surface area contributed by atoms with Crippen LogP contribution in [0.2, 0.25) is 0 Å². The monoisotopic (exact) mass is 254 g/mol. The molecule has 0 aliphatic rings. The summed E-state index contributed by atoms with van der Waals surface area (Å²) in [6.07, 6.45) is 0. The maximum atomic E-state index is 4.97. The van der Waals surface area contributed by atoms with Crippen molar-refractivity contribution in [2.75, 3.05) is 20.3 Å². The summed E-state index contributed by atoms with van der Waals surface area (Å²) in [5.41, 5.74) is 1.09. The van der Waals surface area contributed by atoms with E-state index in [1.165, 1.54) is 4.88 Å². The third-order valence-corrected chi connectivity index (χ3v) is 3.83. The normalized spacial score (nSPS) is 10.8. The van der Waals surface area contributed by atoms with Gasteiger partial charge in [-0.05, 0) is 11.4 Å². The van der Waals surface area contributed by atoms with Crippen LogP contribution in [0.3, 0.4) is 0 Å². The van der Waals surface area contributed by atoms with Crippen LogP contribution in [0.25, 0.3) is 10.6 Å². The predicted molar refractivity (Wildman–Crippen MR) is 69.0 cm³/mol. The molecule has 0 aliphatic heterocycles. The van der Waals surface area contributed by atoms with Crippen LogP contribution >= 0.6 is 22.7 Å². The Morgan fingerprint density at radius 1 is 1.44 bits per heavy atom. The molecule has 0 aliphatic carbocycles. The second kappa shape index (κ2) is 6.10. The molecule has 16 heavy (non-hydrogen) atoms. The molecule has 1 N–H and O–H groups in total. The zero-order valence-electron chi connectivity index (χ0n) is 9.10. The van der Waals surface area contributed by atoms with E-state index in [2.05, 4.69) is 33.2 Å². The first-order chi connectivity index (χ1) is 7.90. The lowest BCUT2D eigenvalue weighted by atomic mass is 10.4. The SMILES string of the molecule is COCCNCc1nc(-c2cccs2)cs1. The largest absolute Gasteiger partial charge is 0.383 e. The van der Waals surface area contributed by atoms with E-state index in [1.54, 1.807) is 29.8 Å². The van der Waals surface area contributed by atoms with Crippen LogP contribution in [0.15, 0.2) is 22.9 Å². The molecule has 2 rings (SSSR count).